The molecule has 3 rings (SSSR count). The first-order valence-corrected chi connectivity index (χ1v) is 11.2. The zero-order valence-corrected chi connectivity index (χ0v) is 18.5. The molecular weight excluding hydrogens is 396 g/mol. The van der Waals surface area contributed by atoms with Gasteiger partial charge >= 0.3 is 0 Å². The molecule has 2 aromatic carbocycles. The minimum Gasteiger partial charge on any atom is -0.345 e. The summed E-state index contributed by atoms with van der Waals surface area (Å²) in [6.07, 6.45) is 3.82. The molecule has 0 aromatic heterocycles. The molecule has 160 valence electrons. The molecule has 1 fully saturated rings. The van der Waals surface area contributed by atoms with E-state index in [1.165, 1.54) is 5.56 Å². The van der Waals surface area contributed by atoms with Crippen molar-refractivity contribution in [2.75, 3.05) is 33.2 Å². The van der Waals surface area contributed by atoms with Crippen LogP contribution in [0.1, 0.15) is 41.6 Å². The maximum atomic E-state index is 12.5. The molecule has 0 unspecified atom stereocenters. The maximum absolute atomic E-state index is 12.5. The standard InChI is InChI=1S/C25H31ClN2O2/c1-27(25(30)12-11-24(29)22-5-3-2-4-6-22)19-21-14-17-28(18-15-21)16-13-20-7-9-23(26)10-8-20/h2-10,21H,11-19H2,1H3. The number of hydrogen-bond donors (Lipinski definition) is 0. The number of Topliss-reactive ketones (excluding diaryl/α,β-unsaturated/α-hetero) is 1. The monoisotopic (exact) mass is 426 g/mol. The number of likely N-dealkylation sites (tertiary alicyclic amines) is 1. The summed E-state index contributed by atoms with van der Waals surface area (Å²) in [5.41, 5.74) is 2.00. The lowest BCUT2D eigenvalue weighted by Crippen LogP contribution is -2.40. The molecule has 0 atom stereocenters. The topological polar surface area (TPSA) is 40.6 Å². The molecule has 1 aliphatic heterocycles. The quantitative estimate of drug-likeness (QED) is 0.545. The number of amides is 1. The third kappa shape index (κ3) is 6.96. The number of carbonyl (C=O) groups excluding carboxylic acids is 2. The normalized spacial score (nSPS) is 15.1. The number of nitrogens with zero attached hydrogens (tertiary/aromatic N) is 2. The molecule has 0 saturated carbocycles. The summed E-state index contributed by atoms with van der Waals surface area (Å²) in [6, 6.07) is 17.3. The van der Waals surface area contributed by atoms with Gasteiger partial charge in [0.25, 0.3) is 0 Å². The number of benzene rings is 2. The molecule has 4 nitrogen and oxygen atoms in total. The molecule has 1 aliphatic rings. The Morgan fingerprint density at radius 2 is 1.67 bits per heavy atom. The lowest BCUT2D eigenvalue weighted by molar-refractivity contribution is -0.130. The third-order valence-corrected chi connectivity index (χ3v) is 6.21. The molecule has 0 radical (unpaired) electrons. The second-order valence-electron chi connectivity index (χ2n) is 8.22. The first-order chi connectivity index (χ1) is 14.5. The first kappa shape index (κ1) is 22.5. The Morgan fingerprint density at radius 1 is 1.00 bits per heavy atom. The number of rotatable bonds is 9. The van der Waals surface area contributed by atoms with Crippen molar-refractivity contribution in [1.82, 2.24) is 9.80 Å². The van der Waals surface area contributed by atoms with Crippen molar-refractivity contribution in [2.24, 2.45) is 5.92 Å². The van der Waals surface area contributed by atoms with Gasteiger partial charge in [0.2, 0.25) is 5.91 Å². The van der Waals surface area contributed by atoms with Gasteiger partial charge in [-0.15, -0.1) is 0 Å². The Balaban J connectivity index is 1.34. The smallest absolute Gasteiger partial charge is 0.222 e. The fraction of sp³-hybridized carbons (Fsp3) is 0.440. The Bertz CT molecular complexity index is 815. The van der Waals surface area contributed by atoms with Crippen LogP contribution in [0.2, 0.25) is 5.02 Å². The minimum atomic E-state index is 0.0337. The molecule has 30 heavy (non-hydrogen) atoms. The van der Waals surface area contributed by atoms with Crippen molar-refractivity contribution in [1.29, 1.82) is 0 Å². The van der Waals surface area contributed by atoms with Crippen LogP contribution in [0.3, 0.4) is 0 Å². The summed E-state index contributed by atoms with van der Waals surface area (Å²) in [5, 5.41) is 0.780. The van der Waals surface area contributed by atoms with E-state index in [4.69, 9.17) is 11.6 Å². The average molecular weight is 427 g/mol. The Morgan fingerprint density at radius 3 is 2.33 bits per heavy atom. The van der Waals surface area contributed by atoms with Gasteiger partial charge in [-0.3, -0.25) is 9.59 Å². The number of ketones is 1. The van der Waals surface area contributed by atoms with Gasteiger partial charge in [0.05, 0.1) is 0 Å². The Labute approximate surface area is 184 Å². The molecular formula is C25H31ClN2O2. The fourth-order valence-corrected chi connectivity index (χ4v) is 4.13. The largest absolute Gasteiger partial charge is 0.345 e. The van der Waals surface area contributed by atoms with Gasteiger partial charge in [-0.1, -0.05) is 54.1 Å². The van der Waals surface area contributed by atoms with Crippen LogP contribution < -0.4 is 0 Å². The van der Waals surface area contributed by atoms with Gasteiger partial charge in [-0.25, -0.2) is 0 Å². The zero-order valence-electron chi connectivity index (χ0n) is 17.7. The summed E-state index contributed by atoms with van der Waals surface area (Å²) < 4.78 is 0. The minimum absolute atomic E-state index is 0.0337. The van der Waals surface area contributed by atoms with E-state index < -0.39 is 0 Å². The molecule has 2 aromatic rings. The predicted octanol–water partition coefficient (Wildman–Crippen LogP) is 4.72. The van der Waals surface area contributed by atoms with Gasteiger partial charge in [-0.2, -0.15) is 0 Å². The first-order valence-electron chi connectivity index (χ1n) is 10.8. The molecule has 0 spiro atoms. The highest BCUT2D eigenvalue weighted by molar-refractivity contribution is 6.30. The van der Waals surface area contributed by atoms with Crippen LogP contribution >= 0.6 is 11.6 Å². The van der Waals surface area contributed by atoms with Gasteiger partial charge in [0, 0.05) is 43.6 Å². The lowest BCUT2D eigenvalue weighted by atomic mass is 9.95. The van der Waals surface area contributed by atoms with E-state index in [1.54, 1.807) is 12.1 Å². The molecule has 5 heteroatoms. The zero-order chi connectivity index (χ0) is 21.3. The van der Waals surface area contributed by atoms with Gasteiger partial charge in [0.15, 0.2) is 5.78 Å². The van der Waals surface area contributed by atoms with E-state index in [9.17, 15) is 9.59 Å². The van der Waals surface area contributed by atoms with Crippen molar-refractivity contribution in [3.63, 3.8) is 0 Å². The van der Waals surface area contributed by atoms with Crippen LogP contribution in [0.4, 0.5) is 0 Å². The summed E-state index contributed by atoms with van der Waals surface area (Å²) in [7, 11) is 1.86. The van der Waals surface area contributed by atoms with Gasteiger partial charge < -0.3 is 9.80 Å². The van der Waals surface area contributed by atoms with E-state index in [-0.39, 0.29) is 24.5 Å². The van der Waals surface area contributed by atoms with Crippen LogP contribution in [0, 0.1) is 5.92 Å². The highest BCUT2D eigenvalue weighted by Gasteiger charge is 2.22. The SMILES string of the molecule is CN(CC1CCN(CCc2ccc(Cl)cc2)CC1)C(=O)CCC(=O)c1ccccc1. The summed E-state index contributed by atoms with van der Waals surface area (Å²) in [5.74, 6) is 0.631. The third-order valence-electron chi connectivity index (χ3n) is 5.96. The van der Waals surface area contributed by atoms with Crippen molar-refractivity contribution >= 4 is 23.3 Å². The number of halogens is 1. The fourth-order valence-electron chi connectivity index (χ4n) is 4.00. The highest BCUT2D eigenvalue weighted by atomic mass is 35.5. The number of carbonyl (C=O) groups is 2. The average Bonchev–Trinajstić information content (AvgIpc) is 2.78. The molecule has 0 aliphatic carbocycles. The summed E-state index contributed by atoms with van der Waals surface area (Å²) in [4.78, 5) is 29.0. The molecule has 0 bridgehead atoms. The van der Waals surface area contributed by atoms with Crippen LogP contribution in [0.25, 0.3) is 0 Å². The van der Waals surface area contributed by atoms with Gasteiger partial charge in [-0.05, 0) is 56.0 Å². The lowest BCUT2D eigenvalue weighted by Gasteiger charge is -2.34. The second kappa shape index (κ2) is 11.3. The van der Waals surface area contributed by atoms with E-state index in [1.807, 2.05) is 42.3 Å². The van der Waals surface area contributed by atoms with E-state index >= 15 is 0 Å². The van der Waals surface area contributed by atoms with E-state index in [0.717, 1.165) is 50.5 Å². The Hall–Kier alpha value is -2.17. The van der Waals surface area contributed by atoms with Crippen LogP contribution in [0.5, 0.6) is 0 Å². The second-order valence-corrected chi connectivity index (χ2v) is 8.66. The van der Waals surface area contributed by atoms with Crippen molar-refractivity contribution < 1.29 is 9.59 Å². The van der Waals surface area contributed by atoms with Crippen molar-refractivity contribution in [3.05, 3.63) is 70.7 Å². The maximum Gasteiger partial charge on any atom is 0.222 e. The van der Waals surface area contributed by atoms with E-state index in [2.05, 4.69) is 17.0 Å². The number of piperidine rings is 1. The summed E-state index contributed by atoms with van der Waals surface area (Å²) in [6.45, 7) is 3.99. The summed E-state index contributed by atoms with van der Waals surface area (Å²) >= 11 is 5.95. The molecule has 0 N–H and O–H groups in total. The van der Waals surface area contributed by atoms with Crippen LogP contribution in [-0.4, -0.2) is 54.7 Å². The predicted molar refractivity (Wildman–Crippen MR) is 122 cm³/mol. The van der Waals surface area contributed by atoms with Crippen molar-refractivity contribution in [2.45, 2.75) is 32.1 Å². The molecule has 1 saturated heterocycles. The van der Waals surface area contributed by atoms with Crippen molar-refractivity contribution in [3.8, 4) is 0 Å². The van der Waals surface area contributed by atoms with Crippen LogP contribution in [-0.2, 0) is 11.2 Å². The number of hydrogen-bond acceptors (Lipinski definition) is 3. The van der Waals surface area contributed by atoms with Gasteiger partial charge in [0.1, 0.15) is 0 Å². The Kier molecular flexibility index (Phi) is 8.47. The van der Waals surface area contributed by atoms with Crippen LogP contribution in [0.15, 0.2) is 54.6 Å². The highest BCUT2D eigenvalue weighted by Crippen LogP contribution is 2.19. The molecule has 1 heterocycles. The molecule has 1 amide bonds. The van der Waals surface area contributed by atoms with E-state index in [0.29, 0.717) is 11.5 Å².